The van der Waals surface area contributed by atoms with E-state index < -0.39 is 0 Å². The zero-order chi connectivity index (χ0) is 18.1. The zero-order valence-electron chi connectivity index (χ0n) is 14.5. The summed E-state index contributed by atoms with van der Waals surface area (Å²) in [6, 6.07) is 9.62. The number of benzene rings is 1. The number of nitrogens with zero attached hydrogens (tertiary/aromatic N) is 3. The Kier molecular flexibility index (Phi) is 4.82. The molecule has 7 heteroatoms. The van der Waals surface area contributed by atoms with Gasteiger partial charge < -0.3 is 4.90 Å². The molecule has 1 aromatic carbocycles. The molecule has 0 radical (unpaired) electrons. The highest BCUT2D eigenvalue weighted by Crippen LogP contribution is 2.25. The molecular formula is C19H19N3O2S2. The van der Waals surface area contributed by atoms with Gasteiger partial charge in [0.15, 0.2) is 5.16 Å². The zero-order valence-corrected chi connectivity index (χ0v) is 16.1. The first-order valence-corrected chi connectivity index (χ1v) is 10.5. The molecule has 26 heavy (non-hydrogen) atoms. The molecule has 0 aliphatic carbocycles. The first-order valence-electron chi connectivity index (χ1n) is 8.62. The Morgan fingerprint density at radius 1 is 1.23 bits per heavy atom. The highest BCUT2D eigenvalue weighted by molar-refractivity contribution is 7.99. The molecule has 0 bridgehead atoms. The summed E-state index contributed by atoms with van der Waals surface area (Å²) in [6.45, 7) is 3.65. The van der Waals surface area contributed by atoms with Gasteiger partial charge in [-0.1, -0.05) is 30.0 Å². The topological polar surface area (TPSA) is 55.2 Å². The Labute approximate surface area is 159 Å². The fraction of sp³-hybridized carbons (Fsp3) is 0.316. The van der Waals surface area contributed by atoms with Crippen LogP contribution in [-0.2, 0) is 4.79 Å². The standard InChI is InChI=1S/C19H19N3O2S2/c1-13-6-2-3-7-15(13)22-18(24)17-14(8-11-25-17)20-19(22)26-12-16(23)21-9-4-5-10-21/h2-3,6-8,11H,4-5,9-10,12H2,1H3. The molecule has 1 amide bonds. The van der Waals surface area contributed by atoms with Crippen molar-refractivity contribution >= 4 is 39.2 Å². The first kappa shape index (κ1) is 17.3. The molecule has 4 rings (SSSR count). The van der Waals surface area contributed by atoms with E-state index in [0.717, 1.165) is 37.2 Å². The second-order valence-corrected chi connectivity index (χ2v) is 8.19. The molecule has 1 aliphatic heterocycles. The molecule has 5 nitrogen and oxygen atoms in total. The van der Waals surface area contributed by atoms with Crippen LogP contribution in [0.15, 0.2) is 45.7 Å². The number of aromatic nitrogens is 2. The maximum atomic E-state index is 13.1. The molecule has 134 valence electrons. The third-order valence-electron chi connectivity index (χ3n) is 4.59. The van der Waals surface area contributed by atoms with Gasteiger partial charge in [-0.2, -0.15) is 0 Å². The molecule has 1 saturated heterocycles. The summed E-state index contributed by atoms with van der Waals surface area (Å²) in [5.74, 6) is 0.414. The smallest absolute Gasteiger partial charge is 0.276 e. The number of thioether (sulfide) groups is 1. The lowest BCUT2D eigenvalue weighted by molar-refractivity contribution is -0.127. The monoisotopic (exact) mass is 385 g/mol. The summed E-state index contributed by atoms with van der Waals surface area (Å²) in [7, 11) is 0. The molecule has 0 N–H and O–H groups in total. The molecule has 3 aromatic rings. The summed E-state index contributed by atoms with van der Waals surface area (Å²) in [5, 5.41) is 2.45. The van der Waals surface area contributed by atoms with Crippen molar-refractivity contribution in [1.29, 1.82) is 0 Å². The number of carbonyl (C=O) groups is 1. The minimum absolute atomic E-state index is 0.0737. The lowest BCUT2D eigenvalue weighted by atomic mass is 10.2. The first-order chi connectivity index (χ1) is 12.6. The van der Waals surface area contributed by atoms with Gasteiger partial charge in [-0.25, -0.2) is 4.98 Å². The van der Waals surface area contributed by atoms with Gasteiger partial charge >= 0.3 is 0 Å². The minimum atomic E-state index is -0.0737. The molecule has 0 saturated carbocycles. The maximum Gasteiger partial charge on any atom is 0.276 e. The van der Waals surface area contributed by atoms with Crippen molar-refractivity contribution in [3.63, 3.8) is 0 Å². The Balaban J connectivity index is 1.75. The second-order valence-electron chi connectivity index (χ2n) is 6.33. The van der Waals surface area contributed by atoms with Crippen LogP contribution in [0.5, 0.6) is 0 Å². The Hall–Kier alpha value is -2.12. The molecule has 1 fully saturated rings. The Bertz CT molecular complexity index is 1020. The predicted molar refractivity (Wildman–Crippen MR) is 106 cm³/mol. The van der Waals surface area contributed by atoms with Crippen molar-refractivity contribution in [1.82, 2.24) is 14.5 Å². The van der Waals surface area contributed by atoms with Crippen LogP contribution in [-0.4, -0.2) is 39.2 Å². The molecule has 0 spiro atoms. The number of rotatable bonds is 4. The lowest BCUT2D eigenvalue weighted by Gasteiger charge is -2.16. The van der Waals surface area contributed by atoms with E-state index in [0.29, 0.717) is 21.1 Å². The van der Waals surface area contributed by atoms with Gasteiger partial charge in [0.1, 0.15) is 4.70 Å². The fourth-order valence-corrected chi connectivity index (χ4v) is 4.87. The number of hydrogen-bond acceptors (Lipinski definition) is 5. The summed E-state index contributed by atoms with van der Waals surface area (Å²) in [4.78, 5) is 32.1. The Morgan fingerprint density at radius 3 is 2.77 bits per heavy atom. The highest BCUT2D eigenvalue weighted by atomic mass is 32.2. The molecular weight excluding hydrogens is 366 g/mol. The van der Waals surface area contributed by atoms with Crippen LogP contribution >= 0.6 is 23.1 Å². The minimum Gasteiger partial charge on any atom is -0.342 e. The number of para-hydroxylation sites is 1. The third kappa shape index (κ3) is 3.17. The second kappa shape index (κ2) is 7.25. The molecule has 0 atom stereocenters. The normalized spacial score (nSPS) is 14.3. The SMILES string of the molecule is Cc1ccccc1-n1c(SCC(=O)N2CCCC2)nc2ccsc2c1=O. The van der Waals surface area contributed by atoms with Gasteiger partial charge in [0.05, 0.1) is 17.0 Å². The van der Waals surface area contributed by atoms with E-state index in [2.05, 4.69) is 4.98 Å². The molecule has 0 unspecified atom stereocenters. The van der Waals surface area contributed by atoms with E-state index in [1.165, 1.54) is 23.1 Å². The molecule has 1 aliphatic rings. The largest absolute Gasteiger partial charge is 0.342 e. The van der Waals surface area contributed by atoms with E-state index >= 15 is 0 Å². The van der Waals surface area contributed by atoms with Gasteiger partial charge in [-0.05, 0) is 42.8 Å². The van der Waals surface area contributed by atoms with E-state index in [4.69, 9.17) is 0 Å². The van der Waals surface area contributed by atoms with Crippen molar-refractivity contribution in [2.75, 3.05) is 18.8 Å². The average molecular weight is 386 g/mol. The van der Waals surface area contributed by atoms with Crippen molar-refractivity contribution < 1.29 is 4.79 Å². The van der Waals surface area contributed by atoms with Crippen molar-refractivity contribution in [3.05, 3.63) is 51.6 Å². The molecule has 3 heterocycles. The van der Waals surface area contributed by atoms with E-state index in [-0.39, 0.29) is 11.5 Å². The number of likely N-dealkylation sites (tertiary alicyclic amines) is 1. The quantitative estimate of drug-likeness (QED) is 0.510. The molecule has 2 aromatic heterocycles. The predicted octanol–water partition coefficient (Wildman–Crippen LogP) is 3.47. The number of hydrogen-bond donors (Lipinski definition) is 0. The maximum absolute atomic E-state index is 13.1. The van der Waals surface area contributed by atoms with Crippen LogP contribution in [0.25, 0.3) is 15.9 Å². The summed E-state index contributed by atoms with van der Waals surface area (Å²) in [5.41, 5.74) is 2.44. The average Bonchev–Trinajstić information content (AvgIpc) is 3.32. The number of amides is 1. The summed E-state index contributed by atoms with van der Waals surface area (Å²) >= 11 is 2.75. The van der Waals surface area contributed by atoms with Gasteiger partial charge in [0.2, 0.25) is 5.91 Å². The Morgan fingerprint density at radius 2 is 2.00 bits per heavy atom. The number of carbonyl (C=O) groups excluding carboxylic acids is 1. The fourth-order valence-electron chi connectivity index (χ4n) is 3.20. The van der Waals surface area contributed by atoms with Crippen LogP contribution < -0.4 is 5.56 Å². The van der Waals surface area contributed by atoms with E-state index in [9.17, 15) is 9.59 Å². The van der Waals surface area contributed by atoms with Crippen molar-refractivity contribution in [2.24, 2.45) is 0 Å². The van der Waals surface area contributed by atoms with Crippen LogP contribution in [0.4, 0.5) is 0 Å². The van der Waals surface area contributed by atoms with Crippen LogP contribution in [0, 0.1) is 6.92 Å². The third-order valence-corrected chi connectivity index (χ3v) is 6.40. The van der Waals surface area contributed by atoms with Gasteiger partial charge in [-0.3, -0.25) is 14.2 Å². The highest BCUT2D eigenvalue weighted by Gasteiger charge is 2.20. The van der Waals surface area contributed by atoms with Gasteiger partial charge in [-0.15, -0.1) is 11.3 Å². The summed E-state index contributed by atoms with van der Waals surface area (Å²) in [6.07, 6.45) is 2.15. The van der Waals surface area contributed by atoms with Crippen LogP contribution in [0.2, 0.25) is 0 Å². The lowest BCUT2D eigenvalue weighted by Crippen LogP contribution is -2.29. The number of thiophene rings is 1. The summed E-state index contributed by atoms with van der Waals surface area (Å²) < 4.78 is 2.29. The van der Waals surface area contributed by atoms with E-state index in [1.807, 2.05) is 47.5 Å². The van der Waals surface area contributed by atoms with Crippen LogP contribution in [0.1, 0.15) is 18.4 Å². The van der Waals surface area contributed by atoms with Gasteiger partial charge in [0, 0.05) is 13.1 Å². The van der Waals surface area contributed by atoms with Gasteiger partial charge in [0.25, 0.3) is 5.56 Å². The number of fused-ring (bicyclic) bond motifs is 1. The van der Waals surface area contributed by atoms with Crippen LogP contribution in [0.3, 0.4) is 0 Å². The van der Waals surface area contributed by atoms with E-state index in [1.54, 1.807) is 4.57 Å². The van der Waals surface area contributed by atoms with Crippen molar-refractivity contribution in [2.45, 2.75) is 24.9 Å². The number of aryl methyl sites for hydroxylation is 1. The van der Waals surface area contributed by atoms with Crippen molar-refractivity contribution in [3.8, 4) is 5.69 Å².